The molecule has 1 saturated heterocycles. The first-order chi connectivity index (χ1) is 10.1. The van der Waals surface area contributed by atoms with Gasteiger partial charge in [0.1, 0.15) is 16.3 Å². The van der Waals surface area contributed by atoms with Crippen molar-refractivity contribution in [2.24, 2.45) is 5.92 Å². The smallest absolute Gasteiger partial charge is 0.226 e. The van der Waals surface area contributed by atoms with Crippen molar-refractivity contribution < 1.29 is 9.90 Å². The van der Waals surface area contributed by atoms with E-state index in [4.69, 9.17) is 11.6 Å². The highest BCUT2D eigenvalue weighted by atomic mass is 35.5. The summed E-state index contributed by atoms with van der Waals surface area (Å²) in [6.45, 7) is 0.956. The Morgan fingerprint density at radius 3 is 3.00 bits per heavy atom. The van der Waals surface area contributed by atoms with Crippen LogP contribution in [0.5, 0.6) is 0 Å². The van der Waals surface area contributed by atoms with Crippen molar-refractivity contribution in [3.8, 4) is 0 Å². The fourth-order valence-corrected chi connectivity index (χ4v) is 4.75. The van der Waals surface area contributed by atoms with Crippen LogP contribution >= 0.6 is 22.9 Å². The molecule has 2 aromatic heterocycles. The van der Waals surface area contributed by atoms with Crippen molar-refractivity contribution in [1.82, 2.24) is 14.9 Å². The highest BCUT2D eigenvalue weighted by Gasteiger charge is 2.36. The first kappa shape index (κ1) is 13.4. The Kier molecular flexibility index (Phi) is 3.13. The molecule has 0 bridgehead atoms. The molecule has 0 unspecified atom stereocenters. The molecule has 1 fully saturated rings. The molecule has 3 heterocycles. The summed E-state index contributed by atoms with van der Waals surface area (Å²) >= 11 is 7.80. The SMILES string of the molecule is O=C([C@H]1CCc2c(sc3ncnc(Cl)c23)C1)N1CC(O)C1. The number of thiophene rings is 1. The highest BCUT2D eigenvalue weighted by Crippen LogP contribution is 2.40. The molecule has 5 nitrogen and oxygen atoms in total. The van der Waals surface area contributed by atoms with Gasteiger partial charge in [0.15, 0.2) is 0 Å². The summed E-state index contributed by atoms with van der Waals surface area (Å²) in [4.78, 5) is 24.6. The van der Waals surface area contributed by atoms with Crippen LogP contribution in [-0.2, 0) is 17.6 Å². The summed E-state index contributed by atoms with van der Waals surface area (Å²) in [5.41, 5.74) is 1.22. The number of aliphatic hydroxyl groups is 1. The average Bonchev–Trinajstić information content (AvgIpc) is 2.82. The highest BCUT2D eigenvalue weighted by molar-refractivity contribution is 7.19. The molecule has 0 aromatic carbocycles. The summed E-state index contributed by atoms with van der Waals surface area (Å²) in [6.07, 6.45) is 3.56. The van der Waals surface area contributed by atoms with Crippen molar-refractivity contribution in [3.05, 3.63) is 21.9 Å². The van der Waals surface area contributed by atoms with Gasteiger partial charge in [-0.05, 0) is 24.8 Å². The van der Waals surface area contributed by atoms with Gasteiger partial charge in [0, 0.05) is 23.9 Å². The molecule has 1 atom stereocenters. The molecule has 0 radical (unpaired) electrons. The number of hydrogen-bond acceptors (Lipinski definition) is 5. The fraction of sp³-hybridized carbons (Fsp3) is 0.500. The zero-order valence-electron chi connectivity index (χ0n) is 11.3. The lowest BCUT2D eigenvalue weighted by Crippen LogP contribution is -2.55. The summed E-state index contributed by atoms with van der Waals surface area (Å²) in [5, 5.41) is 10.8. The van der Waals surface area contributed by atoms with Gasteiger partial charge in [0.25, 0.3) is 0 Å². The third-order valence-electron chi connectivity index (χ3n) is 4.32. The maximum atomic E-state index is 12.4. The van der Waals surface area contributed by atoms with Gasteiger partial charge >= 0.3 is 0 Å². The number of aliphatic hydroxyl groups excluding tert-OH is 1. The molecule has 1 amide bonds. The Morgan fingerprint density at radius 1 is 1.43 bits per heavy atom. The minimum absolute atomic E-state index is 0.0183. The van der Waals surface area contributed by atoms with E-state index >= 15 is 0 Å². The van der Waals surface area contributed by atoms with Crippen molar-refractivity contribution in [2.45, 2.75) is 25.4 Å². The van der Waals surface area contributed by atoms with Crippen LogP contribution in [-0.4, -0.2) is 45.1 Å². The van der Waals surface area contributed by atoms with Gasteiger partial charge in [-0.2, -0.15) is 0 Å². The maximum Gasteiger partial charge on any atom is 0.226 e. The van der Waals surface area contributed by atoms with Crippen molar-refractivity contribution in [2.75, 3.05) is 13.1 Å². The number of carbonyl (C=O) groups is 1. The summed E-state index contributed by atoms with van der Waals surface area (Å²) in [5.74, 6) is 0.186. The van der Waals surface area contributed by atoms with Crippen LogP contribution in [0.3, 0.4) is 0 Å². The van der Waals surface area contributed by atoms with Crippen LogP contribution in [0.1, 0.15) is 16.9 Å². The number of likely N-dealkylation sites (tertiary alicyclic amines) is 1. The first-order valence-corrected chi connectivity index (χ1v) is 8.20. The molecule has 7 heteroatoms. The zero-order chi connectivity index (χ0) is 14.6. The van der Waals surface area contributed by atoms with Crippen LogP contribution in [0.25, 0.3) is 10.2 Å². The third kappa shape index (κ3) is 2.13. The van der Waals surface area contributed by atoms with Gasteiger partial charge in [-0.25, -0.2) is 9.97 Å². The normalized spacial score (nSPS) is 22.2. The Labute approximate surface area is 130 Å². The summed E-state index contributed by atoms with van der Waals surface area (Å²) < 4.78 is 0. The van der Waals surface area contributed by atoms with Crippen LogP contribution in [0.15, 0.2) is 6.33 Å². The number of β-amino-alcohol motifs (C(OH)–C–C–N with tert-alkyl or cyclic N) is 1. The van der Waals surface area contributed by atoms with E-state index in [2.05, 4.69) is 9.97 Å². The number of rotatable bonds is 1. The van der Waals surface area contributed by atoms with E-state index in [9.17, 15) is 9.90 Å². The second kappa shape index (κ2) is 4.90. The molecule has 4 rings (SSSR count). The third-order valence-corrected chi connectivity index (χ3v) is 5.77. The monoisotopic (exact) mass is 323 g/mol. The van der Waals surface area contributed by atoms with Crippen LogP contribution < -0.4 is 0 Å². The Bertz CT molecular complexity index is 726. The van der Waals surface area contributed by atoms with Gasteiger partial charge in [-0.1, -0.05) is 11.6 Å². The molecule has 1 aliphatic heterocycles. The number of fused-ring (bicyclic) bond motifs is 3. The predicted octanol–water partition coefficient (Wildman–Crippen LogP) is 1.65. The minimum Gasteiger partial charge on any atom is -0.389 e. The summed E-state index contributed by atoms with van der Waals surface area (Å²) in [6, 6.07) is 0. The van der Waals surface area contributed by atoms with Crippen LogP contribution in [0.4, 0.5) is 0 Å². The van der Waals surface area contributed by atoms with Crippen molar-refractivity contribution in [1.29, 1.82) is 0 Å². The standard InChI is InChI=1S/C14H14ClN3O2S/c15-12-11-9-2-1-7(14(20)18-4-8(19)5-18)3-10(9)21-13(11)17-6-16-12/h6-8,19H,1-5H2/t7-/m0/s1. The first-order valence-electron chi connectivity index (χ1n) is 7.01. The lowest BCUT2D eigenvalue weighted by atomic mass is 9.86. The van der Waals surface area contributed by atoms with E-state index in [0.29, 0.717) is 18.2 Å². The molecule has 2 aliphatic rings. The topological polar surface area (TPSA) is 66.3 Å². The van der Waals surface area contributed by atoms with Crippen LogP contribution in [0, 0.1) is 5.92 Å². The van der Waals surface area contributed by atoms with Gasteiger partial charge in [-0.15, -0.1) is 11.3 Å². The number of carbonyl (C=O) groups excluding carboxylic acids is 1. The molecule has 1 aliphatic carbocycles. The second-order valence-electron chi connectivity index (χ2n) is 5.69. The lowest BCUT2D eigenvalue weighted by Gasteiger charge is -2.38. The number of aryl methyl sites for hydroxylation is 1. The van der Waals surface area contributed by atoms with E-state index in [1.54, 1.807) is 16.2 Å². The Balaban J connectivity index is 1.62. The van der Waals surface area contributed by atoms with E-state index in [1.165, 1.54) is 16.8 Å². The molecule has 110 valence electrons. The van der Waals surface area contributed by atoms with Gasteiger partial charge < -0.3 is 10.0 Å². The fourth-order valence-electron chi connectivity index (χ4n) is 3.18. The molecule has 1 N–H and O–H groups in total. The number of nitrogens with zero attached hydrogens (tertiary/aromatic N) is 3. The van der Waals surface area contributed by atoms with E-state index in [1.807, 2.05) is 0 Å². The van der Waals surface area contributed by atoms with E-state index in [-0.39, 0.29) is 17.9 Å². The van der Waals surface area contributed by atoms with Gasteiger partial charge in [0.2, 0.25) is 5.91 Å². The zero-order valence-corrected chi connectivity index (χ0v) is 12.8. The second-order valence-corrected chi connectivity index (χ2v) is 7.13. The quantitative estimate of drug-likeness (QED) is 0.810. The lowest BCUT2D eigenvalue weighted by molar-refractivity contribution is -0.146. The van der Waals surface area contributed by atoms with Gasteiger partial charge in [0.05, 0.1) is 11.5 Å². The molecular formula is C14H14ClN3O2S. The number of aromatic nitrogens is 2. The largest absolute Gasteiger partial charge is 0.389 e. The molecular weight excluding hydrogens is 310 g/mol. The molecule has 21 heavy (non-hydrogen) atoms. The number of halogens is 1. The summed E-state index contributed by atoms with van der Waals surface area (Å²) in [7, 11) is 0. The minimum atomic E-state index is -0.341. The molecule has 2 aromatic rings. The Morgan fingerprint density at radius 2 is 2.24 bits per heavy atom. The molecule has 0 spiro atoms. The van der Waals surface area contributed by atoms with Crippen molar-refractivity contribution in [3.63, 3.8) is 0 Å². The molecule has 0 saturated carbocycles. The van der Waals surface area contributed by atoms with Crippen molar-refractivity contribution >= 4 is 39.1 Å². The van der Waals surface area contributed by atoms with Gasteiger partial charge in [-0.3, -0.25) is 4.79 Å². The van der Waals surface area contributed by atoms with Crippen LogP contribution in [0.2, 0.25) is 5.15 Å². The predicted molar refractivity (Wildman–Crippen MR) is 80.5 cm³/mol. The Hall–Kier alpha value is -1.24. The van der Waals surface area contributed by atoms with E-state index in [0.717, 1.165) is 29.5 Å². The van der Waals surface area contributed by atoms with E-state index < -0.39 is 0 Å². The number of amides is 1. The average molecular weight is 324 g/mol. The number of hydrogen-bond donors (Lipinski definition) is 1. The maximum absolute atomic E-state index is 12.4.